The Kier molecular flexibility index (Phi) is 5.92. The molecular weight excluding hydrogens is 488 g/mol. The number of primary amides is 2. The molecule has 1 fully saturated rings. The molecule has 0 aliphatic heterocycles. The van der Waals surface area contributed by atoms with Crippen molar-refractivity contribution in [3.05, 3.63) is 28.0 Å². The normalized spacial score (nSPS) is 27.0. The van der Waals surface area contributed by atoms with E-state index >= 15 is 0 Å². The lowest BCUT2D eigenvalue weighted by molar-refractivity contribution is -0.153. The van der Waals surface area contributed by atoms with Crippen molar-refractivity contribution in [3.63, 3.8) is 0 Å². The van der Waals surface area contributed by atoms with E-state index in [9.17, 15) is 39.6 Å². The maximum Gasteiger partial charge on any atom is 0.317 e. The van der Waals surface area contributed by atoms with E-state index in [2.05, 4.69) is 10.3 Å². The molecule has 3 aliphatic carbocycles. The van der Waals surface area contributed by atoms with Crippen LogP contribution < -0.4 is 21.7 Å². The van der Waals surface area contributed by atoms with Crippen molar-refractivity contribution >= 4 is 40.9 Å². The summed E-state index contributed by atoms with van der Waals surface area (Å²) in [6, 6.07) is -2.21. The topological polar surface area (TPSA) is 233 Å². The number of likely N-dealkylation sites (N-methyl/N-ethyl adjacent to an activating group) is 1. The van der Waals surface area contributed by atoms with Crippen molar-refractivity contribution in [1.29, 1.82) is 0 Å². The number of anilines is 2. The number of aromatic nitrogens is 1. The summed E-state index contributed by atoms with van der Waals surface area (Å²) in [5, 5.41) is 46.8. The van der Waals surface area contributed by atoms with Crippen molar-refractivity contribution in [2.75, 3.05) is 38.4 Å². The zero-order valence-corrected chi connectivity index (χ0v) is 20.6. The van der Waals surface area contributed by atoms with E-state index in [1.807, 2.05) is 0 Å². The van der Waals surface area contributed by atoms with Gasteiger partial charge in [-0.2, -0.15) is 0 Å². The first-order chi connectivity index (χ1) is 17.1. The van der Waals surface area contributed by atoms with E-state index in [4.69, 9.17) is 11.5 Å². The summed E-state index contributed by atoms with van der Waals surface area (Å²) in [5.74, 6) is -7.87. The van der Waals surface area contributed by atoms with Crippen LogP contribution in [-0.2, 0) is 20.8 Å². The fraction of sp³-hybridized carbons (Fsp3) is 0.435. The fourth-order valence-electron chi connectivity index (χ4n) is 5.75. The Labute approximate surface area is 210 Å². The summed E-state index contributed by atoms with van der Waals surface area (Å²) >= 11 is 0. The number of carbonyl (C=O) groups is 4. The number of pyridine rings is 1. The lowest BCUT2D eigenvalue weighted by atomic mass is 9.57. The number of aromatic hydroxyl groups is 1. The van der Waals surface area contributed by atoms with Gasteiger partial charge in [-0.15, -0.1) is 0 Å². The number of ketones is 2. The van der Waals surface area contributed by atoms with Crippen molar-refractivity contribution in [2.45, 2.75) is 24.5 Å². The summed E-state index contributed by atoms with van der Waals surface area (Å²) in [4.78, 5) is 57.7. The molecule has 3 amide bonds. The van der Waals surface area contributed by atoms with E-state index in [0.29, 0.717) is 5.56 Å². The average Bonchev–Trinajstić information content (AvgIpc) is 2.77. The number of urea groups is 1. The molecule has 1 saturated carbocycles. The van der Waals surface area contributed by atoms with Crippen LogP contribution in [0, 0.1) is 11.8 Å². The van der Waals surface area contributed by atoms with Crippen molar-refractivity contribution in [3.8, 4) is 5.75 Å². The van der Waals surface area contributed by atoms with Crippen molar-refractivity contribution < 1.29 is 39.6 Å². The molecule has 3 aliphatic rings. The number of fused-ring (bicyclic) bond motifs is 3. The molecule has 0 saturated heterocycles. The van der Waals surface area contributed by atoms with Crippen LogP contribution in [0.5, 0.6) is 5.75 Å². The second-order valence-electron chi connectivity index (χ2n) is 9.83. The van der Waals surface area contributed by atoms with Gasteiger partial charge in [-0.25, -0.2) is 9.78 Å². The molecule has 1 aromatic heterocycles. The summed E-state index contributed by atoms with van der Waals surface area (Å²) in [5.41, 5.74) is 6.67. The third kappa shape index (κ3) is 3.51. The third-order valence-corrected chi connectivity index (χ3v) is 7.23. The third-order valence-electron chi connectivity index (χ3n) is 7.23. The summed E-state index contributed by atoms with van der Waals surface area (Å²) < 4.78 is 0. The predicted octanol–water partition coefficient (Wildman–Crippen LogP) is -1.08. The Bertz CT molecular complexity index is 1330. The first kappa shape index (κ1) is 25.9. The van der Waals surface area contributed by atoms with Crippen molar-refractivity contribution in [2.24, 2.45) is 23.3 Å². The zero-order chi connectivity index (χ0) is 27.7. The van der Waals surface area contributed by atoms with Gasteiger partial charge in [-0.3, -0.25) is 24.6 Å². The molecule has 0 bridgehead atoms. The predicted molar refractivity (Wildman–Crippen MR) is 130 cm³/mol. The molecule has 14 heteroatoms. The molecule has 0 unspecified atom stereocenters. The largest absolute Gasteiger partial charge is 0.508 e. The second kappa shape index (κ2) is 8.45. The Hall–Kier alpha value is -4.17. The number of amides is 3. The standard InChI is InChI=1S/C23H28N6O8/c1-28(2)13-9-6-7-5-8-11(16(32)20(27-22(25)36)26-21(8)29(3)4)14(30)10(7)17(33)23(9,37)18(34)12(15(13)31)19(24)35/h7,9,13,30,32,34,37H,5-6H2,1-4H3,(H2,24,35)(H3,25,26,27,36)/t7-,9-,13-,23-/m0/s1. The summed E-state index contributed by atoms with van der Waals surface area (Å²) in [6.45, 7) is 0. The van der Waals surface area contributed by atoms with Crippen LogP contribution in [-0.4, -0.2) is 93.6 Å². The number of hydrogen-bond donors (Lipinski definition) is 7. The van der Waals surface area contributed by atoms with Crippen LogP contribution in [0.2, 0.25) is 0 Å². The second-order valence-corrected chi connectivity index (χ2v) is 9.83. The number of aliphatic hydroxyl groups is 3. The van der Waals surface area contributed by atoms with E-state index in [0.717, 1.165) is 0 Å². The quantitative estimate of drug-likeness (QED) is 0.238. The van der Waals surface area contributed by atoms with E-state index < -0.39 is 69.8 Å². The molecule has 37 heavy (non-hydrogen) atoms. The molecule has 14 nitrogen and oxygen atoms in total. The molecule has 4 atom stereocenters. The van der Waals surface area contributed by atoms with Gasteiger partial charge in [0.1, 0.15) is 22.9 Å². The minimum Gasteiger partial charge on any atom is -0.508 e. The Morgan fingerprint density at radius 3 is 2.24 bits per heavy atom. The number of rotatable bonds is 4. The number of nitrogens with one attached hydrogen (secondary N) is 1. The highest BCUT2D eigenvalue weighted by atomic mass is 16.3. The van der Waals surface area contributed by atoms with Gasteiger partial charge in [0.25, 0.3) is 5.91 Å². The lowest BCUT2D eigenvalue weighted by Gasteiger charge is -2.50. The number of nitrogens with two attached hydrogens (primary N) is 2. The van der Waals surface area contributed by atoms with E-state index in [-0.39, 0.29) is 35.6 Å². The molecule has 0 radical (unpaired) electrons. The molecule has 9 N–H and O–H groups in total. The summed E-state index contributed by atoms with van der Waals surface area (Å²) in [7, 11) is 6.33. The maximum absolute atomic E-state index is 13.8. The molecule has 4 rings (SSSR count). The van der Waals surface area contributed by atoms with Crippen LogP contribution in [0.25, 0.3) is 5.76 Å². The van der Waals surface area contributed by atoms with Gasteiger partial charge in [0.05, 0.1) is 11.6 Å². The SMILES string of the molecule is CN(C)c1nc(NC(N)=O)c(O)c2c1C[C@H]1C[C@H]3[C@H](N(C)C)C(=O)C(C(N)=O)=C(O)[C@@]3(O)C(=O)C1=C2O. The highest BCUT2D eigenvalue weighted by Gasteiger charge is 2.64. The monoisotopic (exact) mass is 516 g/mol. The minimum absolute atomic E-state index is 0.0549. The maximum atomic E-state index is 13.8. The van der Waals surface area contributed by atoms with Gasteiger partial charge in [0, 0.05) is 31.1 Å². The molecule has 0 spiro atoms. The Morgan fingerprint density at radius 2 is 1.73 bits per heavy atom. The number of nitrogens with zero attached hydrogens (tertiary/aromatic N) is 3. The van der Waals surface area contributed by atoms with Gasteiger partial charge < -0.3 is 36.8 Å². The van der Waals surface area contributed by atoms with E-state index in [1.54, 1.807) is 19.0 Å². The van der Waals surface area contributed by atoms with E-state index in [1.165, 1.54) is 19.0 Å². The van der Waals surface area contributed by atoms with Gasteiger partial charge in [0.15, 0.2) is 23.0 Å². The smallest absolute Gasteiger partial charge is 0.317 e. The van der Waals surface area contributed by atoms with Crippen LogP contribution in [0.15, 0.2) is 16.9 Å². The van der Waals surface area contributed by atoms with Crippen LogP contribution >= 0.6 is 0 Å². The molecule has 198 valence electrons. The van der Waals surface area contributed by atoms with Gasteiger partial charge in [-0.1, -0.05) is 0 Å². The number of hydrogen-bond acceptors (Lipinski definition) is 11. The van der Waals surface area contributed by atoms with Crippen LogP contribution in [0.4, 0.5) is 16.4 Å². The first-order valence-corrected chi connectivity index (χ1v) is 11.3. The van der Waals surface area contributed by atoms with Gasteiger partial charge in [-0.05, 0) is 32.9 Å². The molecule has 0 aromatic carbocycles. The zero-order valence-electron chi connectivity index (χ0n) is 20.6. The van der Waals surface area contributed by atoms with Crippen LogP contribution in [0.1, 0.15) is 17.5 Å². The summed E-state index contributed by atoms with van der Waals surface area (Å²) in [6.07, 6.45) is 0.000142. The highest BCUT2D eigenvalue weighted by Crippen LogP contribution is 2.54. The molecule has 1 aromatic rings. The Morgan fingerprint density at radius 1 is 1.11 bits per heavy atom. The highest BCUT2D eigenvalue weighted by molar-refractivity contribution is 6.24. The van der Waals surface area contributed by atoms with Crippen LogP contribution in [0.3, 0.4) is 0 Å². The van der Waals surface area contributed by atoms with Gasteiger partial charge >= 0.3 is 6.03 Å². The minimum atomic E-state index is -2.74. The fourth-order valence-corrected chi connectivity index (χ4v) is 5.75. The number of carbonyl (C=O) groups excluding carboxylic acids is 4. The lowest BCUT2D eigenvalue weighted by Crippen LogP contribution is -2.65. The number of Topliss-reactive ketones (excluding diaryl/α,β-unsaturated/α-hetero) is 2. The molecule has 1 heterocycles. The number of aliphatic hydroxyl groups excluding tert-OH is 2. The Balaban J connectivity index is 2.01. The average molecular weight is 517 g/mol. The van der Waals surface area contributed by atoms with Gasteiger partial charge in [0.2, 0.25) is 5.78 Å². The molecular formula is C23H28N6O8. The first-order valence-electron chi connectivity index (χ1n) is 11.3. The van der Waals surface area contributed by atoms with Crippen molar-refractivity contribution in [1.82, 2.24) is 9.88 Å².